The van der Waals surface area contributed by atoms with Gasteiger partial charge in [0.2, 0.25) is 11.6 Å². The van der Waals surface area contributed by atoms with Crippen LogP contribution in [0.5, 0.6) is 0 Å². The summed E-state index contributed by atoms with van der Waals surface area (Å²) in [5.74, 6) is -2.46. The highest BCUT2D eigenvalue weighted by Gasteiger charge is 2.48. The second kappa shape index (κ2) is 16.2. The molecule has 3 N–H and O–H groups in total. The normalized spacial score (nSPS) is 13.9. The molecule has 0 fully saturated rings. The molecule has 0 amide bonds. The number of aliphatic hydroxyl groups is 1. The van der Waals surface area contributed by atoms with Crippen molar-refractivity contribution in [2.45, 2.75) is 44.4 Å². The topological polar surface area (TPSA) is 130 Å². The lowest BCUT2D eigenvalue weighted by Gasteiger charge is -2.39. The number of nitrogen functional groups attached to an aromatic ring is 1. The summed E-state index contributed by atoms with van der Waals surface area (Å²) in [5.41, 5.74) is 10.1. The molecule has 4 aromatic carbocycles. The molecule has 3 atom stereocenters. The van der Waals surface area contributed by atoms with Crippen LogP contribution >= 0.6 is 0 Å². The van der Waals surface area contributed by atoms with E-state index in [4.69, 9.17) is 24.7 Å². The monoisotopic (exact) mass is 658 g/mol. The van der Waals surface area contributed by atoms with Gasteiger partial charge in [0.1, 0.15) is 30.2 Å². The van der Waals surface area contributed by atoms with Crippen molar-refractivity contribution in [3.8, 4) is 0 Å². The highest BCUT2D eigenvalue weighted by atomic mass is 16.7. The van der Waals surface area contributed by atoms with Gasteiger partial charge in [-0.2, -0.15) is 5.10 Å². The van der Waals surface area contributed by atoms with Gasteiger partial charge >= 0.3 is 0 Å². The Morgan fingerprint density at radius 2 is 1.20 bits per heavy atom. The molecule has 250 valence electrons. The number of benzene rings is 4. The van der Waals surface area contributed by atoms with E-state index in [0.717, 1.165) is 22.3 Å². The molecule has 49 heavy (non-hydrogen) atoms. The van der Waals surface area contributed by atoms with E-state index in [-0.39, 0.29) is 44.5 Å². The van der Waals surface area contributed by atoms with Crippen molar-refractivity contribution in [1.29, 1.82) is 0 Å². The average molecular weight is 659 g/mol. The van der Waals surface area contributed by atoms with Gasteiger partial charge in [0.15, 0.2) is 11.9 Å². The third-order valence-corrected chi connectivity index (χ3v) is 8.01. The molecule has 0 bridgehead atoms. The van der Waals surface area contributed by atoms with Crippen LogP contribution in [0.1, 0.15) is 32.7 Å². The van der Waals surface area contributed by atoms with Gasteiger partial charge < -0.3 is 29.8 Å². The zero-order chi connectivity index (χ0) is 33.9. The minimum absolute atomic E-state index is 0.00858. The number of ether oxygens (including phenoxy) is 4. The third kappa shape index (κ3) is 8.63. The Morgan fingerprint density at radius 3 is 1.78 bits per heavy atom. The molecule has 0 aliphatic carbocycles. The minimum atomic E-state index is -2.17. The predicted molar refractivity (Wildman–Crippen MR) is 184 cm³/mol. The van der Waals surface area contributed by atoms with Crippen LogP contribution in [0.4, 0.5) is 5.82 Å². The summed E-state index contributed by atoms with van der Waals surface area (Å²) in [6, 6.07) is 41.2. The lowest BCUT2D eigenvalue weighted by molar-refractivity contribution is -0.310. The van der Waals surface area contributed by atoms with Crippen LogP contribution in [0.25, 0.3) is 5.52 Å². The Hall–Kier alpha value is -5.23. The van der Waals surface area contributed by atoms with Gasteiger partial charge in [-0.1, -0.05) is 121 Å². The van der Waals surface area contributed by atoms with Crippen molar-refractivity contribution in [3.63, 3.8) is 0 Å². The number of hydrogen-bond donors (Lipinski definition) is 2. The number of fused-ring (bicyclic) bond motifs is 1. The fraction of sp³-hybridized carbons (Fsp3) is 0.205. The third-order valence-electron chi connectivity index (χ3n) is 8.01. The fourth-order valence-corrected chi connectivity index (χ4v) is 5.44. The van der Waals surface area contributed by atoms with Crippen molar-refractivity contribution >= 4 is 17.1 Å². The Labute approximate surface area is 284 Å². The Bertz CT molecular complexity index is 1910. The van der Waals surface area contributed by atoms with Crippen molar-refractivity contribution < 1.29 is 28.8 Å². The van der Waals surface area contributed by atoms with Crippen LogP contribution in [0.2, 0.25) is 0 Å². The van der Waals surface area contributed by atoms with E-state index in [2.05, 4.69) is 10.1 Å². The summed E-state index contributed by atoms with van der Waals surface area (Å²) in [6.07, 6.45) is -1.49. The van der Waals surface area contributed by atoms with Crippen LogP contribution in [-0.2, 0) is 45.4 Å². The van der Waals surface area contributed by atoms with E-state index in [9.17, 15) is 9.90 Å². The Morgan fingerprint density at radius 1 is 0.694 bits per heavy atom. The molecule has 0 unspecified atom stereocenters. The summed E-state index contributed by atoms with van der Waals surface area (Å²) in [7, 11) is 0. The second-order valence-electron chi connectivity index (χ2n) is 11.6. The number of nitrogens with two attached hydrogens (primary N) is 1. The molecule has 0 radical (unpaired) electrons. The van der Waals surface area contributed by atoms with Gasteiger partial charge in [0.25, 0.3) is 0 Å². The van der Waals surface area contributed by atoms with Gasteiger partial charge in [0, 0.05) is 0 Å². The molecule has 0 saturated carbocycles. The highest BCUT2D eigenvalue weighted by molar-refractivity contribution is 6.00. The van der Waals surface area contributed by atoms with E-state index in [1.165, 1.54) is 10.8 Å². The van der Waals surface area contributed by atoms with E-state index in [0.29, 0.717) is 5.52 Å². The van der Waals surface area contributed by atoms with Crippen molar-refractivity contribution in [3.05, 3.63) is 168 Å². The molecule has 0 spiro atoms. The van der Waals surface area contributed by atoms with Crippen LogP contribution in [0, 0.1) is 0 Å². The number of anilines is 1. The molecule has 6 rings (SSSR count). The maximum Gasteiger partial charge on any atom is 0.219 e. The lowest BCUT2D eigenvalue weighted by atomic mass is 9.98. The second-order valence-corrected chi connectivity index (χ2v) is 11.6. The molecule has 2 heterocycles. The van der Waals surface area contributed by atoms with Crippen molar-refractivity contribution in [2.75, 3.05) is 12.3 Å². The summed E-state index contributed by atoms with van der Waals surface area (Å²) in [4.78, 5) is 18.7. The highest BCUT2D eigenvalue weighted by Crippen LogP contribution is 2.29. The number of nitrogens with zero attached hydrogens (tertiary/aromatic N) is 3. The average Bonchev–Trinajstić information content (AvgIpc) is 3.59. The molecule has 10 nitrogen and oxygen atoms in total. The van der Waals surface area contributed by atoms with Gasteiger partial charge in [-0.15, -0.1) is 0 Å². The van der Waals surface area contributed by atoms with E-state index in [1.807, 2.05) is 121 Å². The van der Waals surface area contributed by atoms with Crippen LogP contribution < -0.4 is 5.73 Å². The van der Waals surface area contributed by atoms with Crippen LogP contribution in [-0.4, -0.2) is 50.1 Å². The molecular formula is C39H38N4O6. The Balaban J connectivity index is 1.40. The van der Waals surface area contributed by atoms with Crippen molar-refractivity contribution in [2.24, 2.45) is 0 Å². The van der Waals surface area contributed by atoms with Crippen LogP contribution in [0.3, 0.4) is 0 Å². The standard InChI is InChI=1S/C39H38N4O6/c40-38-34-22-21-33(43(34)42-28-41-38)35(44)36(47-24-30-15-7-2-8-16-30)37(48-25-31-17-9-3-10-18-31)39(45,49-26-32-19-11-4-12-20-32)27-46-23-29-13-5-1-6-14-29/h1-22,28,36-37,45H,23-27H2,(H2,40,41,42)/t36-,37-,39-/m0/s1. The number of Topliss-reactive ketones (excluding diaryl/α,β-unsaturated/α-hetero) is 1. The molecule has 10 heteroatoms. The molecule has 0 saturated heterocycles. The minimum Gasteiger partial charge on any atom is -0.382 e. The predicted octanol–water partition coefficient (Wildman–Crippen LogP) is 5.79. The van der Waals surface area contributed by atoms with Crippen LogP contribution in [0.15, 0.2) is 140 Å². The van der Waals surface area contributed by atoms with Gasteiger partial charge in [-0.05, 0) is 34.4 Å². The quantitative estimate of drug-likeness (QED) is 0.0924. The summed E-state index contributed by atoms with van der Waals surface area (Å²) in [5, 5.41) is 16.9. The molecule has 2 aromatic heterocycles. The first kappa shape index (κ1) is 33.7. The lowest BCUT2D eigenvalue weighted by Crippen LogP contribution is -2.58. The zero-order valence-electron chi connectivity index (χ0n) is 26.9. The van der Waals surface area contributed by atoms with Gasteiger partial charge in [0.05, 0.1) is 26.4 Å². The number of rotatable bonds is 17. The first-order valence-corrected chi connectivity index (χ1v) is 16.0. The fourth-order valence-electron chi connectivity index (χ4n) is 5.44. The SMILES string of the molecule is Nc1ncnn2c(C(=O)[C@H](OCc3ccccc3)[C@H](OCc3ccccc3)[C@](O)(COCc3ccccc3)OCc3ccccc3)ccc12. The number of hydrogen-bond acceptors (Lipinski definition) is 9. The van der Waals surface area contributed by atoms with E-state index >= 15 is 0 Å². The van der Waals surface area contributed by atoms with Gasteiger partial charge in [-0.25, -0.2) is 9.50 Å². The maximum atomic E-state index is 14.7. The summed E-state index contributed by atoms with van der Waals surface area (Å²) in [6.45, 7) is -0.0518. The molecule has 0 aliphatic rings. The summed E-state index contributed by atoms with van der Waals surface area (Å²) >= 11 is 0. The van der Waals surface area contributed by atoms with E-state index < -0.39 is 23.8 Å². The zero-order valence-corrected chi connectivity index (χ0v) is 26.9. The van der Waals surface area contributed by atoms with Crippen molar-refractivity contribution in [1.82, 2.24) is 14.6 Å². The van der Waals surface area contributed by atoms with Gasteiger partial charge in [-0.3, -0.25) is 4.79 Å². The Kier molecular flexibility index (Phi) is 11.2. The number of carbonyl (C=O) groups is 1. The molecule has 0 aliphatic heterocycles. The largest absolute Gasteiger partial charge is 0.382 e. The van der Waals surface area contributed by atoms with E-state index in [1.54, 1.807) is 12.1 Å². The number of ketones is 1. The molecular weight excluding hydrogens is 620 g/mol. The first-order chi connectivity index (χ1) is 24.0. The maximum absolute atomic E-state index is 14.7. The molecule has 6 aromatic rings. The summed E-state index contributed by atoms with van der Waals surface area (Å²) < 4.78 is 26.8. The first-order valence-electron chi connectivity index (χ1n) is 16.0. The number of carbonyl (C=O) groups excluding carboxylic acids is 1. The number of aromatic nitrogens is 3. The smallest absolute Gasteiger partial charge is 0.219 e.